The quantitative estimate of drug-likeness (QED) is 0.0562. The Bertz CT molecular complexity index is 3300. The first-order chi connectivity index (χ1) is 35.7. The smallest absolute Gasteiger partial charge is 0.224 e. The van der Waals surface area contributed by atoms with Gasteiger partial charge in [0.25, 0.3) is 0 Å². The number of aryl methyl sites for hydroxylation is 5. The van der Waals surface area contributed by atoms with Crippen LogP contribution < -0.4 is 4.74 Å². The van der Waals surface area contributed by atoms with Gasteiger partial charge in [0.05, 0.1) is 86.7 Å². The fourth-order valence-electron chi connectivity index (χ4n) is 9.77. The lowest BCUT2D eigenvalue weighted by molar-refractivity contribution is -0.131. The minimum absolute atomic E-state index is 0.0145. The Balaban J connectivity index is 0.640. The maximum atomic E-state index is 15.4. The molecule has 6 heterocycles. The van der Waals surface area contributed by atoms with Crippen LogP contribution in [0.5, 0.6) is 5.75 Å². The molecular formula is C55H61FN10O6S. The minimum Gasteiger partial charge on any atom is -0.484 e. The largest absolute Gasteiger partial charge is 0.484 e. The van der Waals surface area contributed by atoms with Crippen molar-refractivity contribution in [2.24, 2.45) is 0 Å². The van der Waals surface area contributed by atoms with E-state index in [9.17, 15) is 4.79 Å². The molecule has 0 atom stereocenters. The van der Waals surface area contributed by atoms with Crippen molar-refractivity contribution in [2.75, 3.05) is 66.3 Å². The number of fused-ring (bicyclic) bond motifs is 4. The monoisotopic (exact) mass is 1010 g/mol. The number of morpholine rings is 1. The van der Waals surface area contributed by atoms with Crippen LogP contribution in [0, 0.1) is 19.7 Å². The van der Waals surface area contributed by atoms with Crippen LogP contribution in [0.2, 0.25) is 0 Å². The molecule has 1 saturated heterocycles. The van der Waals surface area contributed by atoms with Gasteiger partial charge in [-0.3, -0.25) is 9.69 Å². The summed E-state index contributed by atoms with van der Waals surface area (Å²) in [7, 11) is 1.83. The molecule has 0 bridgehead atoms. The number of aromatic nitrogens is 8. The molecule has 0 saturated carbocycles. The third-order valence-electron chi connectivity index (χ3n) is 13.6. The van der Waals surface area contributed by atoms with E-state index in [2.05, 4.69) is 101 Å². The molecule has 1 amide bonds. The number of ether oxygens (including phenoxy) is 4. The molecule has 380 valence electrons. The van der Waals surface area contributed by atoms with Crippen LogP contribution in [0.15, 0.2) is 94.4 Å². The van der Waals surface area contributed by atoms with E-state index in [4.69, 9.17) is 28.5 Å². The number of imidazole rings is 1. The molecule has 16 nitrogen and oxygen atoms in total. The lowest BCUT2D eigenvalue weighted by Gasteiger charge is -2.27. The van der Waals surface area contributed by atoms with Crippen molar-refractivity contribution in [1.82, 2.24) is 49.1 Å². The summed E-state index contributed by atoms with van der Waals surface area (Å²) in [4.78, 5) is 26.8. The van der Waals surface area contributed by atoms with Crippen LogP contribution in [0.25, 0.3) is 55.2 Å². The highest BCUT2D eigenvalue weighted by Gasteiger charge is 2.19. The first kappa shape index (κ1) is 49.7. The lowest BCUT2D eigenvalue weighted by Crippen LogP contribution is -2.38. The molecule has 1 aliphatic rings. The van der Waals surface area contributed by atoms with Crippen molar-refractivity contribution in [3.63, 3.8) is 0 Å². The summed E-state index contributed by atoms with van der Waals surface area (Å²) in [6, 6.07) is 24.5. The van der Waals surface area contributed by atoms with Crippen molar-refractivity contribution in [3.8, 4) is 28.1 Å². The zero-order chi connectivity index (χ0) is 50.3. The lowest BCUT2D eigenvalue weighted by atomic mass is 10.0. The fourth-order valence-corrected chi connectivity index (χ4v) is 10.3. The number of carbonyl (C=O) groups is 1. The van der Waals surface area contributed by atoms with Gasteiger partial charge < -0.3 is 37.5 Å². The van der Waals surface area contributed by atoms with E-state index in [0.717, 1.165) is 108 Å². The predicted molar refractivity (Wildman–Crippen MR) is 279 cm³/mol. The Morgan fingerprint density at radius 3 is 2.45 bits per heavy atom. The highest BCUT2D eigenvalue weighted by Crippen LogP contribution is 2.34. The third-order valence-corrected chi connectivity index (χ3v) is 14.2. The summed E-state index contributed by atoms with van der Waals surface area (Å²) >= 11 is 1.60. The topological polar surface area (TPSA) is 153 Å². The molecular weight excluding hydrogens is 948 g/mol. The van der Waals surface area contributed by atoms with E-state index in [1.807, 2.05) is 32.5 Å². The van der Waals surface area contributed by atoms with Crippen LogP contribution in [-0.4, -0.2) is 121 Å². The van der Waals surface area contributed by atoms with Gasteiger partial charge in [0.2, 0.25) is 5.91 Å². The maximum Gasteiger partial charge on any atom is 0.224 e. The molecule has 4 aromatic carbocycles. The molecule has 0 unspecified atom stereocenters. The molecule has 0 spiro atoms. The normalized spacial score (nSPS) is 13.3. The second-order valence-corrected chi connectivity index (χ2v) is 19.2. The van der Waals surface area contributed by atoms with Gasteiger partial charge >= 0.3 is 0 Å². The second-order valence-electron chi connectivity index (χ2n) is 18.5. The van der Waals surface area contributed by atoms with Crippen molar-refractivity contribution in [1.29, 1.82) is 0 Å². The van der Waals surface area contributed by atoms with Gasteiger partial charge in [-0.05, 0) is 86.3 Å². The van der Waals surface area contributed by atoms with E-state index in [0.29, 0.717) is 58.1 Å². The number of hydrogen-bond acceptors (Lipinski definition) is 13. The summed E-state index contributed by atoms with van der Waals surface area (Å²) in [6.45, 7) is 14.4. The summed E-state index contributed by atoms with van der Waals surface area (Å²) in [5.74, 6) is 1.46. The zero-order valence-electron chi connectivity index (χ0n) is 41.9. The summed E-state index contributed by atoms with van der Waals surface area (Å²) in [5, 5.41) is 17.0. The van der Waals surface area contributed by atoms with Crippen molar-refractivity contribution in [2.45, 2.75) is 72.8 Å². The van der Waals surface area contributed by atoms with Crippen LogP contribution in [0.3, 0.4) is 0 Å². The standard InChI is InChI=1S/C55H61FN10O6S/c1-5-65-49-12-6-40(28-45(49)44-11-9-41(31-51(44)65)48-35-73-36-57-48)32-62(4)54(67)16-22-68-26-27-70-25-21-64-33-43(59-61-64)34-71-52-14-7-39(29-46(52)56)8-15-53-58-47-30-42(55-37(2)60-72-38(55)3)10-13-50(47)66(53)18-17-63-19-23-69-24-20-63/h6-7,9-14,28-31,33,35-36H,5,8,15-27,32,34H2,1-4H3. The number of rotatable bonds is 23. The Hall–Kier alpha value is -6.83. The molecule has 18 heteroatoms. The Morgan fingerprint density at radius 1 is 0.836 bits per heavy atom. The van der Waals surface area contributed by atoms with E-state index in [1.165, 1.54) is 27.9 Å². The van der Waals surface area contributed by atoms with Gasteiger partial charge in [-0.25, -0.2) is 19.0 Å². The second kappa shape index (κ2) is 22.9. The summed E-state index contributed by atoms with van der Waals surface area (Å²) in [5.41, 5.74) is 13.6. The number of hydrogen-bond donors (Lipinski definition) is 0. The molecule has 1 aliphatic heterocycles. The fraction of sp³-hybridized carbons (Fsp3) is 0.382. The summed E-state index contributed by atoms with van der Waals surface area (Å²) in [6.07, 6.45) is 3.29. The van der Waals surface area contributed by atoms with E-state index in [1.54, 1.807) is 33.2 Å². The molecule has 0 radical (unpaired) electrons. The molecule has 9 aromatic rings. The molecule has 0 aliphatic carbocycles. The highest BCUT2D eigenvalue weighted by atomic mass is 32.1. The molecule has 0 N–H and O–H groups in total. The maximum absolute atomic E-state index is 15.4. The van der Waals surface area contributed by atoms with Crippen LogP contribution in [0.4, 0.5) is 4.39 Å². The van der Waals surface area contributed by atoms with Gasteiger partial charge in [0.15, 0.2) is 11.6 Å². The number of carbonyl (C=O) groups excluding carboxylic acids is 1. The molecule has 10 rings (SSSR count). The van der Waals surface area contributed by atoms with Gasteiger partial charge in [-0.15, -0.1) is 16.4 Å². The van der Waals surface area contributed by atoms with Gasteiger partial charge in [0, 0.05) is 91.0 Å². The Kier molecular flexibility index (Phi) is 15.6. The number of thiazole rings is 1. The van der Waals surface area contributed by atoms with Crippen molar-refractivity contribution >= 4 is 50.1 Å². The van der Waals surface area contributed by atoms with E-state index in [-0.39, 0.29) is 24.7 Å². The summed E-state index contributed by atoms with van der Waals surface area (Å²) < 4.78 is 50.1. The number of amides is 1. The number of nitrogens with zero attached hydrogens (tertiary/aromatic N) is 10. The average Bonchev–Trinajstić information content (AvgIpc) is 4.27. The Labute approximate surface area is 427 Å². The molecule has 73 heavy (non-hydrogen) atoms. The SMILES string of the molecule is CCn1c2ccc(CN(C)C(=O)CCOCCOCCn3cc(COc4ccc(CCc5nc6cc(-c7c(C)noc7C)ccc6n5CCN5CCOCC5)cc4F)nn3)cc2c2ccc(-c3cscn3)cc21. The highest BCUT2D eigenvalue weighted by molar-refractivity contribution is 7.07. The van der Waals surface area contributed by atoms with Crippen LogP contribution in [-0.2, 0) is 64.6 Å². The van der Waals surface area contributed by atoms with E-state index < -0.39 is 5.82 Å². The Morgan fingerprint density at radius 2 is 1.66 bits per heavy atom. The zero-order valence-corrected chi connectivity index (χ0v) is 42.7. The first-order valence-electron chi connectivity index (χ1n) is 25.0. The van der Waals surface area contributed by atoms with E-state index >= 15 is 4.39 Å². The van der Waals surface area contributed by atoms with Gasteiger partial charge in [0.1, 0.15) is 23.9 Å². The predicted octanol–water partition coefficient (Wildman–Crippen LogP) is 9.07. The van der Waals surface area contributed by atoms with Crippen LogP contribution >= 0.6 is 11.3 Å². The number of benzene rings is 4. The van der Waals surface area contributed by atoms with Crippen molar-refractivity contribution < 1.29 is 32.7 Å². The average molecular weight is 1010 g/mol. The van der Waals surface area contributed by atoms with Gasteiger partial charge in [-0.2, -0.15) is 0 Å². The first-order valence-corrected chi connectivity index (χ1v) is 26.0. The molecule has 5 aromatic heterocycles. The third kappa shape index (κ3) is 11.5. The van der Waals surface area contributed by atoms with Crippen molar-refractivity contribution in [3.05, 3.63) is 130 Å². The minimum atomic E-state index is -0.436. The van der Waals surface area contributed by atoms with Gasteiger partial charge in [-0.1, -0.05) is 40.7 Å². The number of halogens is 1. The molecule has 1 fully saturated rings. The van der Waals surface area contributed by atoms with Crippen LogP contribution in [0.1, 0.15) is 47.4 Å².